The Balaban J connectivity index is 2.01. The van der Waals surface area contributed by atoms with Crippen LogP contribution in [0.5, 0.6) is 0 Å². The average Bonchev–Trinajstić information content (AvgIpc) is 2.97. The van der Waals surface area contributed by atoms with Gasteiger partial charge in [-0.3, -0.25) is 4.79 Å². The third-order valence-corrected chi connectivity index (χ3v) is 3.50. The molecular weight excluding hydrogens is 266 g/mol. The second-order valence-corrected chi connectivity index (χ2v) is 4.83. The first-order valence-corrected chi connectivity index (χ1v) is 6.75. The number of benzene rings is 2. The summed E-state index contributed by atoms with van der Waals surface area (Å²) in [7, 11) is 1.39. The third kappa shape index (κ3) is 2.65. The molecule has 1 heterocycles. The standard InChI is InChI=1S/C17H15NO3/c1-20-17(19)14(11-12-7-3-2-4-8-12)16-13-9-5-6-10-15(13)21-18-16/h2-10,14H,11H2,1H3. The zero-order chi connectivity index (χ0) is 14.7. The topological polar surface area (TPSA) is 52.3 Å². The minimum Gasteiger partial charge on any atom is -0.468 e. The summed E-state index contributed by atoms with van der Waals surface area (Å²) in [6, 6.07) is 17.3. The van der Waals surface area contributed by atoms with Crippen LogP contribution in [0.2, 0.25) is 0 Å². The summed E-state index contributed by atoms with van der Waals surface area (Å²) in [4.78, 5) is 12.2. The first kappa shape index (κ1) is 13.4. The van der Waals surface area contributed by atoms with Gasteiger partial charge in [-0.05, 0) is 24.1 Å². The van der Waals surface area contributed by atoms with Crippen LogP contribution in [0, 0.1) is 0 Å². The van der Waals surface area contributed by atoms with E-state index in [-0.39, 0.29) is 5.97 Å². The van der Waals surface area contributed by atoms with Crippen molar-refractivity contribution < 1.29 is 14.1 Å². The number of nitrogens with zero attached hydrogens (tertiary/aromatic N) is 1. The van der Waals surface area contributed by atoms with Crippen LogP contribution in [0.25, 0.3) is 11.0 Å². The molecular formula is C17H15NO3. The first-order chi connectivity index (χ1) is 10.3. The molecule has 3 aromatic rings. The van der Waals surface area contributed by atoms with Crippen LogP contribution < -0.4 is 0 Å². The predicted molar refractivity (Wildman–Crippen MR) is 78.9 cm³/mol. The Morgan fingerprint density at radius 1 is 1.14 bits per heavy atom. The Morgan fingerprint density at radius 2 is 1.86 bits per heavy atom. The molecule has 2 aromatic carbocycles. The van der Waals surface area contributed by atoms with Gasteiger partial charge in [0.1, 0.15) is 11.6 Å². The van der Waals surface area contributed by atoms with E-state index in [1.807, 2.05) is 54.6 Å². The van der Waals surface area contributed by atoms with E-state index in [9.17, 15) is 4.79 Å². The Bertz CT molecular complexity index is 749. The number of esters is 1. The molecule has 0 spiro atoms. The summed E-state index contributed by atoms with van der Waals surface area (Å²) in [6.07, 6.45) is 0.532. The maximum Gasteiger partial charge on any atom is 0.315 e. The molecule has 1 atom stereocenters. The van der Waals surface area contributed by atoms with Crippen molar-refractivity contribution >= 4 is 16.9 Å². The number of aromatic nitrogens is 1. The molecule has 1 aromatic heterocycles. The van der Waals surface area contributed by atoms with Crippen LogP contribution in [0.4, 0.5) is 0 Å². The molecule has 21 heavy (non-hydrogen) atoms. The van der Waals surface area contributed by atoms with Crippen molar-refractivity contribution in [3.8, 4) is 0 Å². The zero-order valence-electron chi connectivity index (χ0n) is 11.7. The molecule has 4 heteroatoms. The van der Waals surface area contributed by atoms with Gasteiger partial charge in [-0.15, -0.1) is 0 Å². The van der Waals surface area contributed by atoms with Crippen LogP contribution in [0.1, 0.15) is 17.2 Å². The molecule has 0 fully saturated rings. The maximum absolute atomic E-state index is 12.2. The predicted octanol–water partition coefficient (Wildman–Crippen LogP) is 3.33. The number of fused-ring (bicyclic) bond motifs is 1. The molecule has 0 N–H and O–H groups in total. The van der Waals surface area contributed by atoms with E-state index in [1.165, 1.54) is 7.11 Å². The fourth-order valence-corrected chi connectivity index (χ4v) is 2.44. The van der Waals surface area contributed by atoms with Crippen molar-refractivity contribution in [2.75, 3.05) is 7.11 Å². The highest BCUT2D eigenvalue weighted by Gasteiger charge is 2.27. The Morgan fingerprint density at radius 3 is 2.62 bits per heavy atom. The van der Waals surface area contributed by atoms with Crippen LogP contribution in [0.3, 0.4) is 0 Å². The molecule has 4 nitrogen and oxygen atoms in total. The summed E-state index contributed by atoms with van der Waals surface area (Å²) in [6.45, 7) is 0. The van der Waals surface area contributed by atoms with Crippen LogP contribution in [-0.2, 0) is 16.0 Å². The number of ether oxygens (including phenoxy) is 1. The fraction of sp³-hybridized carbons (Fsp3) is 0.176. The molecule has 0 aliphatic carbocycles. The third-order valence-electron chi connectivity index (χ3n) is 3.50. The van der Waals surface area contributed by atoms with Crippen molar-refractivity contribution in [1.29, 1.82) is 0 Å². The lowest BCUT2D eigenvalue weighted by molar-refractivity contribution is -0.142. The number of para-hydroxylation sites is 1. The summed E-state index contributed by atoms with van der Waals surface area (Å²) >= 11 is 0. The molecule has 106 valence electrons. The normalized spacial score (nSPS) is 12.2. The van der Waals surface area contributed by atoms with Gasteiger partial charge in [-0.25, -0.2) is 0 Å². The minimum absolute atomic E-state index is 0.307. The minimum atomic E-state index is -0.471. The van der Waals surface area contributed by atoms with Crippen molar-refractivity contribution in [2.45, 2.75) is 12.3 Å². The largest absolute Gasteiger partial charge is 0.468 e. The molecule has 0 aliphatic heterocycles. The average molecular weight is 281 g/mol. The monoisotopic (exact) mass is 281 g/mol. The Kier molecular flexibility index (Phi) is 3.69. The van der Waals surface area contributed by atoms with Gasteiger partial charge in [0.2, 0.25) is 0 Å². The van der Waals surface area contributed by atoms with Gasteiger partial charge in [-0.2, -0.15) is 0 Å². The lowest BCUT2D eigenvalue weighted by Crippen LogP contribution is -2.17. The van der Waals surface area contributed by atoms with Crippen LogP contribution in [0.15, 0.2) is 59.1 Å². The SMILES string of the molecule is COC(=O)C(Cc1ccccc1)c1noc2ccccc12. The van der Waals surface area contributed by atoms with Gasteiger partial charge in [-0.1, -0.05) is 47.6 Å². The number of methoxy groups -OCH3 is 1. The molecule has 1 unspecified atom stereocenters. The molecule has 3 rings (SSSR count). The second-order valence-electron chi connectivity index (χ2n) is 4.83. The highest BCUT2D eigenvalue weighted by Crippen LogP contribution is 2.28. The quantitative estimate of drug-likeness (QED) is 0.688. The van der Waals surface area contributed by atoms with Gasteiger partial charge < -0.3 is 9.26 Å². The molecule has 0 aliphatic rings. The second kappa shape index (κ2) is 5.79. The summed E-state index contributed by atoms with van der Waals surface area (Å²) < 4.78 is 10.2. The Labute approximate surface area is 122 Å². The van der Waals surface area contributed by atoms with Gasteiger partial charge >= 0.3 is 5.97 Å². The Hall–Kier alpha value is -2.62. The molecule has 0 saturated carbocycles. The number of carbonyl (C=O) groups is 1. The molecule has 0 saturated heterocycles. The van der Waals surface area contributed by atoms with E-state index in [0.29, 0.717) is 17.7 Å². The highest BCUT2D eigenvalue weighted by atomic mass is 16.5. The number of hydrogen-bond acceptors (Lipinski definition) is 4. The molecule has 0 bridgehead atoms. The van der Waals surface area contributed by atoms with Crippen molar-refractivity contribution in [1.82, 2.24) is 5.16 Å². The number of hydrogen-bond donors (Lipinski definition) is 0. The molecule has 0 radical (unpaired) electrons. The highest BCUT2D eigenvalue weighted by molar-refractivity contribution is 5.87. The number of carbonyl (C=O) groups excluding carboxylic acids is 1. The smallest absolute Gasteiger partial charge is 0.315 e. The summed E-state index contributed by atoms with van der Waals surface area (Å²) in [5.74, 6) is -0.779. The van der Waals surface area contributed by atoms with E-state index >= 15 is 0 Å². The van der Waals surface area contributed by atoms with E-state index in [4.69, 9.17) is 9.26 Å². The van der Waals surface area contributed by atoms with Crippen molar-refractivity contribution in [3.63, 3.8) is 0 Å². The van der Waals surface area contributed by atoms with E-state index in [1.54, 1.807) is 0 Å². The van der Waals surface area contributed by atoms with Gasteiger partial charge in [0.05, 0.1) is 7.11 Å². The fourth-order valence-electron chi connectivity index (χ4n) is 2.44. The van der Waals surface area contributed by atoms with E-state index < -0.39 is 5.92 Å². The lowest BCUT2D eigenvalue weighted by atomic mass is 9.94. The zero-order valence-corrected chi connectivity index (χ0v) is 11.7. The summed E-state index contributed by atoms with van der Waals surface area (Å²) in [5, 5.41) is 4.94. The molecule has 0 amide bonds. The van der Waals surface area contributed by atoms with Crippen LogP contribution in [-0.4, -0.2) is 18.2 Å². The van der Waals surface area contributed by atoms with Crippen molar-refractivity contribution in [3.05, 3.63) is 65.9 Å². The maximum atomic E-state index is 12.2. The van der Waals surface area contributed by atoms with Gasteiger partial charge in [0, 0.05) is 5.39 Å². The number of rotatable bonds is 4. The van der Waals surface area contributed by atoms with E-state index in [0.717, 1.165) is 10.9 Å². The van der Waals surface area contributed by atoms with Crippen LogP contribution >= 0.6 is 0 Å². The lowest BCUT2D eigenvalue weighted by Gasteiger charge is -2.12. The summed E-state index contributed by atoms with van der Waals surface area (Å²) in [5.41, 5.74) is 2.36. The van der Waals surface area contributed by atoms with E-state index in [2.05, 4.69) is 5.16 Å². The van der Waals surface area contributed by atoms with Gasteiger partial charge in [0.25, 0.3) is 0 Å². The van der Waals surface area contributed by atoms with Crippen molar-refractivity contribution in [2.24, 2.45) is 0 Å². The van der Waals surface area contributed by atoms with Gasteiger partial charge in [0.15, 0.2) is 5.58 Å². The first-order valence-electron chi connectivity index (χ1n) is 6.75.